The summed E-state index contributed by atoms with van der Waals surface area (Å²) in [6.45, 7) is 5.75. The van der Waals surface area contributed by atoms with Gasteiger partial charge in [-0.2, -0.15) is 0 Å². The van der Waals surface area contributed by atoms with Crippen LogP contribution >= 0.6 is 0 Å². The van der Waals surface area contributed by atoms with Crippen LogP contribution in [0.15, 0.2) is 59.5 Å². The molecule has 1 aromatic carbocycles. The van der Waals surface area contributed by atoms with Crippen LogP contribution in [-0.2, 0) is 0 Å². The Hall–Kier alpha value is -1.96. The van der Waals surface area contributed by atoms with Gasteiger partial charge in [0.25, 0.3) is 0 Å². The quantitative estimate of drug-likeness (QED) is 0.770. The lowest BCUT2D eigenvalue weighted by Gasteiger charge is -2.16. The van der Waals surface area contributed by atoms with E-state index in [1.807, 2.05) is 55.5 Å². The monoisotopic (exact) mass is 227 g/mol. The summed E-state index contributed by atoms with van der Waals surface area (Å²) in [5.41, 5.74) is 1.09. The van der Waals surface area contributed by atoms with Crippen molar-refractivity contribution in [3.8, 4) is 0 Å². The molecule has 0 spiro atoms. The second-order valence-corrected chi connectivity index (χ2v) is 4.04. The fourth-order valence-corrected chi connectivity index (χ4v) is 1.79. The summed E-state index contributed by atoms with van der Waals surface area (Å²) in [6, 6.07) is 14.3. The van der Waals surface area contributed by atoms with Gasteiger partial charge in [-0.1, -0.05) is 24.3 Å². The number of aryl methyl sites for hydroxylation is 1. The normalized spacial score (nSPS) is 12.1. The first-order chi connectivity index (χ1) is 8.29. The molecule has 0 saturated heterocycles. The molecule has 0 amide bonds. The Morgan fingerprint density at radius 3 is 2.59 bits per heavy atom. The smallest absolute Gasteiger partial charge is 0.126 e. The molecule has 0 aliphatic heterocycles. The number of nitrogens with one attached hydrogen (secondary N) is 1. The Morgan fingerprint density at radius 2 is 2.00 bits per heavy atom. The topological polar surface area (TPSA) is 25.2 Å². The Bertz CT molecular complexity index is 473. The average molecular weight is 227 g/mol. The van der Waals surface area contributed by atoms with Gasteiger partial charge in [-0.15, -0.1) is 6.58 Å². The van der Waals surface area contributed by atoms with Crippen molar-refractivity contribution in [1.29, 1.82) is 0 Å². The summed E-state index contributed by atoms with van der Waals surface area (Å²) in [7, 11) is 0. The summed E-state index contributed by atoms with van der Waals surface area (Å²) in [5, 5.41) is 3.44. The third-order valence-corrected chi connectivity index (χ3v) is 2.62. The zero-order valence-corrected chi connectivity index (χ0v) is 10.0. The molecule has 1 heterocycles. The minimum atomic E-state index is 0.142. The highest BCUT2D eigenvalue weighted by molar-refractivity contribution is 5.44. The van der Waals surface area contributed by atoms with Crippen LogP contribution in [0.25, 0.3) is 0 Å². The molecule has 2 nitrogen and oxygen atoms in total. The van der Waals surface area contributed by atoms with Crippen molar-refractivity contribution >= 4 is 5.69 Å². The molecule has 17 heavy (non-hydrogen) atoms. The van der Waals surface area contributed by atoms with Crippen LogP contribution in [-0.4, -0.2) is 0 Å². The van der Waals surface area contributed by atoms with Gasteiger partial charge in [0.2, 0.25) is 0 Å². The van der Waals surface area contributed by atoms with E-state index in [2.05, 4.69) is 11.9 Å². The lowest BCUT2D eigenvalue weighted by molar-refractivity contribution is 0.458. The van der Waals surface area contributed by atoms with Crippen molar-refractivity contribution < 1.29 is 4.42 Å². The van der Waals surface area contributed by atoms with Crippen LogP contribution in [0.3, 0.4) is 0 Å². The van der Waals surface area contributed by atoms with Crippen molar-refractivity contribution in [2.24, 2.45) is 0 Å². The molecule has 0 aliphatic rings. The predicted molar refractivity (Wildman–Crippen MR) is 71.1 cm³/mol. The molecule has 2 aromatic rings. The van der Waals surface area contributed by atoms with Gasteiger partial charge < -0.3 is 9.73 Å². The predicted octanol–water partition coefficient (Wildman–Crippen LogP) is 4.32. The number of benzene rings is 1. The first kappa shape index (κ1) is 11.5. The van der Waals surface area contributed by atoms with Crippen molar-refractivity contribution in [3.63, 3.8) is 0 Å². The fourth-order valence-electron chi connectivity index (χ4n) is 1.79. The molecule has 2 heteroatoms. The fraction of sp³-hybridized carbons (Fsp3) is 0.200. The zero-order valence-electron chi connectivity index (χ0n) is 10.0. The van der Waals surface area contributed by atoms with Gasteiger partial charge in [0, 0.05) is 5.69 Å². The van der Waals surface area contributed by atoms with Crippen LogP contribution in [0.5, 0.6) is 0 Å². The van der Waals surface area contributed by atoms with Gasteiger partial charge in [-0.25, -0.2) is 0 Å². The minimum Gasteiger partial charge on any atom is -0.464 e. The highest BCUT2D eigenvalue weighted by Crippen LogP contribution is 2.24. The van der Waals surface area contributed by atoms with Gasteiger partial charge in [-0.05, 0) is 37.6 Å². The van der Waals surface area contributed by atoms with Crippen molar-refractivity contribution in [3.05, 3.63) is 66.6 Å². The lowest BCUT2D eigenvalue weighted by Crippen LogP contribution is -2.08. The number of rotatable bonds is 5. The maximum Gasteiger partial charge on any atom is 0.126 e. The van der Waals surface area contributed by atoms with Gasteiger partial charge in [0.05, 0.1) is 6.04 Å². The molecule has 88 valence electrons. The third kappa shape index (κ3) is 3.00. The highest BCUT2D eigenvalue weighted by atomic mass is 16.3. The molecule has 0 unspecified atom stereocenters. The molecule has 0 bridgehead atoms. The molecule has 0 radical (unpaired) electrons. The lowest BCUT2D eigenvalue weighted by atomic mass is 10.1. The van der Waals surface area contributed by atoms with Gasteiger partial charge >= 0.3 is 0 Å². The van der Waals surface area contributed by atoms with E-state index in [0.717, 1.165) is 23.6 Å². The number of para-hydroxylation sites is 1. The second kappa shape index (κ2) is 5.39. The molecule has 2 rings (SSSR count). The molecule has 0 aliphatic carbocycles. The standard InChI is InChI=1S/C15H17NO/c1-3-7-14(15-11-10-12(2)17-15)16-13-8-5-4-6-9-13/h3-6,8-11,14,16H,1,7H2,2H3/t14-/m0/s1. The second-order valence-electron chi connectivity index (χ2n) is 4.04. The van der Waals surface area contributed by atoms with Crippen molar-refractivity contribution in [2.45, 2.75) is 19.4 Å². The zero-order chi connectivity index (χ0) is 12.1. The summed E-state index contributed by atoms with van der Waals surface area (Å²) < 4.78 is 5.66. The Labute approximate surface area is 102 Å². The van der Waals surface area contributed by atoms with Gasteiger partial charge in [0.15, 0.2) is 0 Å². The number of anilines is 1. The minimum absolute atomic E-state index is 0.142. The van der Waals surface area contributed by atoms with E-state index in [1.54, 1.807) is 0 Å². The molecule has 0 saturated carbocycles. The third-order valence-electron chi connectivity index (χ3n) is 2.62. The SMILES string of the molecule is C=CC[C@H](Nc1ccccc1)c1ccc(C)o1. The average Bonchev–Trinajstić information content (AvgIpc) is 2.77. The van der Waals surface area contributed by atoms with Gasteiger partial charge in [-0.3, -0.25) is 0 Å². The van der Waals surface area contributed by atoms with E-state index in [0.29, 0.717) is 0 Å². The van der Waals surface area contributed by atoms with Gasteiger partial charge in [0.1, 0.15) is 11.5 Å². The van der Waals surface area contributed by atoms with E-state index in [-0.39, 0.29) is 6.04 Å². The van der Waals surface area contributed by atoms with Crippen molar-refractivity contribution in [1.82, 2.24) is 0 Å². The van der Waals surface area contributed by atoms with Crippen molar-refractivity contribution in [2.75, 3.05) is 5.32 Å². The summed E-state index contributed by atoms with van der Waals surface area (Å²) in [6.07, 6.45) is 2.74. The van der Waals surface area contributed by atoms with E-state index < -0.39 is 0 Å². The van der Waals surface area contributed by atoms with E-state index in [1.165, 1.54) is 0 Å². The van der Waals surface area contributed by atoms with E-state index in [4.69, 9.17) is 4.42 Å². The van der Waals surface area contributed by atoms with Crippen LogP contribution in [0.4, 0.5) is 5.69 Å². The Morgan fingerprint density at radius 1 is 1.24 bits per heavy atom. The maximum atomic E-state index is 5.66. The maximum absolute atomic E-state index is 5.66. The summed E-state index contributed by atoms with van der Waals surface area (Å²) >= 11 is 0. The molecule has 1 N–H and O–H groups in total. The number of hydrogen-bond donors (Lipinski definition) is 1. The van der Waals surface area contributed by atoms with Crippen LogP contribution in [0.2, 0.25) is 0 Å². The van der Waals surface area contributed by atoms with E-state index >= 15 is 0 Å². The molecular formula is C15H17NO. The Balaban J connectivity index is 2.15. The van der Waals surface area contributed by atoms with Crippen LogP contribution in [0.1, 0.15) is 24.0 Å². The molecule has 1 aromatic heterocycles. The van der Waals surface area contributed by atoms with E-state index in [9.17, 15) is 0 Å². The van der Waals surface area contributed by atoms with Crippen LogP contribution < -0.4 is 5.32 Å². The first-order valence-corrected chi connectivity index (χ1v) is 5.78. The molecule has 1 atom stereocenters. The number of hydrogen-bond acceptors (Lipinski definition) is 2. The highest BCUT2D eigenvalue weighted by Gasteiger charge is 2.13. The van der Waals surface area contributed by atoms with Crippen LogP contribution in [0, 0.1) is 6.92 Å². The molecule has 0 fully saturated rings. The first-order valence-electron chi connectivity index (χ1n) is 5.78. The summed E-state index contributed by atoms with van der Waals surface area (Å²) in [4.78, 5) is 0. The summed E-state index contributed by atoms with van der Waals surface area (Å²) in [5.74, 6) is 1.88. The Kier molecular flexibility index (Phi) is 3.66. The number of furan rings is 1. The largest absolute Gasteiger partial charge is 0.464 e. The molecular weight excluding hydrogens is 210 g/mol.